The van der Waals surface area contributed by atoms with Gasteiger partial charge in [0.2, 0.25) is 5.91 Å². The zero-order chi connectivity index (χ0) is 26.2. The molecular weight excluding hydrogens is 464 g/mol. The molecule has 9 heteroatoms. The molecule has 0 radical (unpaired) electrons. The van der Waals surface area contributed by atoms with Gasteiger partial charge in [-0.2, -0.15) is 0 Å². The van der Waals surface area contributed by atoms with Gasteiger partial charge in [0.1, 0.15) is 5.82 Å². The third-order valence-corrected chi connectivity index (χ3v) is 6.01. The largest absolute Gasteiger partial charge is 0.370 e. The van der Waals surface area contributed by atoms with Gasteiger partial charge in [-0.05, 0) is 69.5 Å². The second-order valence-electron chi connectivity index (χ2n) is 9.06. The fourth-order valence-corrected chi connectivity index (χ4v) is 4.20. The molecule has 1 N–H and O–H groups in total. The molecule has 1 atom stereocenters. The summed E-state index contributed by atoms with van der Waals surface area (Å²) in [5.41, 5.74) is 6.38. The Morgan fingerprint density at radius 2 is 1.92 bits per heavy atom. The van der Waals surface area contributed by atoms with Crippen LogP contribution in [0.3, 0.4) is 0 Å². The zero-order valence-corrected chi connectivity index (χ0v) is 21.7. The van der Waals surface area contributed by atoms with E-state index >= 15 is 0 Å². The van der Waals surface area contributed by atoms with Crippen molar-refractivity contribution < 1.29 is 4.79 Å². The van der Waals surface area contributed by atoms with Gasteiger partial charge in [-0.1, -0.05) is 18.2 Å². The molecule has 1 fully saturated rings. The number of hydrogen-bond acceptors (Lipinski definition) is 7. The highest BCUT2D eigenvalue weighted by atomic mass is 16.1. The van der Waals surface area contributed by atoms with Crippen LogP contribution in [0, 0.1) is 19.8 Å². The second kappa shape index (κ2) is 12.0. The maximum Gasteiger partial charge on any atom is 0.249 e. The average molecular weight is 497 g/mol. The number of nitrogens with one attached hydrogen (secondary N) is 1. The summed E-state index contributed by atoms with van der Waals surface area (Å²) in [6.45, 7) is 10.5. The van der Waals surface area contributed by atoms with E-state index in [0.29, 0.717) is 5.82 Å². The van der Waals surface area contributed by atoms with Crippen LogP contribution in [-0.2, 0) is 4.79 Å². The van der Waals surface area contributed by atoms with E-state index in [0.717, 1.165) is 47.3 Å². The number of aromatic nitrogens is 6. The molecule has 0 bridgehead atoms. The normalized spacial score (nSPS) is 14.9. The first kappa shape index (κ1) is 25.7. The van der Waals surface area contributed by atoms with Crippen LogP contribution in [0.25, 0.3) is 16.9 Å². The Balaban J connectivity index is 0.000000176. The molecular formula is C28H32N8O. The van der Waals surface area contributed by atoms with Crippen molar-refractivity contribution in [3.05, 3.63) is 84.7 Å². The van der Waals surface area contributed by atoms with E-state index in [-0.39, 0.29) is 5.91 Å². The predicted molar refractivity (Wildman–Crippen MR) is 146 cm³/mol. The molecule has 0 spiro atoms. The van der Waals surface area contributed by atoms with Crippen molar-refractivity contribution in [2.24, 2.45) is 5.92 Å². The maximum atomic E-state index is 11.3. The molecule has 1 aliphatic rings. The van der Waals surface area contributed by atoms with Crippen molar-refractivity contribution in [2.45, 2.75) is 34.1 Å². The molecule has 5 heterocycles. The first-order valence-electron chi connectivity index (χ1n) is 12.3. The van der Waals surface area contributed by atoms with Crippen LogP contribution in [0.5, 0.6) is 0 Å². The van der Waals surface area contributed by atoms with E-state index in [1.165, 1.54) is 18.2 Å². The molecule has 0 unspecified atom stereocenters. The van der Waals surface area contributed by atoms with Gasteiger partial charge < -0.3 is 10.2 Å². The maximum absolute atomic E-state index is 11.3. The molecule has 0 aromatic carbocycles. The van der Waals surface area contributed by atoms with Gasteiger partial charge in [-0.15, -0.1) is 5.10 Å². The Bertz CT molecular complexity index is 1370. The number of nitrogens with zero attached hydrogens (tertiary/aromatic N) is 7. The number of amides is 1. The standard InChI is InChI=1S/C17H21N3.C11H11N5O/c1-12-7-9-20(11-12)17-5-4-16(19-14(17)3)15-6-8-18-13(2)10-15;1-2-3-11(17)14-10-8-9(4-5-12-10)16-7-6-13-15-16/h4-6,8,10,12H,7,9,11H2,1-3H3;2-8H,1H3,(H,12,14,17)/b;3-2-/t12-;/m0./s1. The Morgan fingerprint density at radius 1 is 1.08 bits per heavy atom. The Kier molecular flexibility index (Phi) is 8.35. The summed E-state index contributed by atoms with van der Waals surface area (Å²) in [5, 5.41) is 10.2. The molecule has 0 saturated carbocycles. The molecule has 0 aliphatic carbocycles. The highest BCUT2D eigenvalue weighted by Gasteiger charge is 2.20. The van der Waals surface area contributed by atoms with Crippen LogP contribution >= 0.6 is 0 Å². The average Bonchev–Trinajstić information content (AvgIpc) is 3.57. The number of carbonyl (C=O) groups is 1. The number of rotatable bonds is 5. The van der Waals surface area contributed by atoms with Crippen LogP contribution in [0.4, 0.5) is 11.5 Å². The number of carbonyl (C=O) groups excluding carboxylic acids is 1. The summed E-state index contributed by atoms with van der Waals surface area (Å²) in [6, 6.07) is 11.9. The Labute approximate surface area is 217 Å². The van der Waals surface area contributed by atoms with Crippen molar-refractivity contribution >= 4 is 17.4 Å². The van der Waals surface area contributed by atoms with Gasteiger partial charge in [0.25, 0.3) is 0 Å². The molecule has 9 nitrogen and oxygen atoms in total. The number of allylic oxidation sites excluding steroid dienone is 1. The molecule has 1 aliphatic heterocycles. The molecule has 1 amide bonds. The molecule has 37 heavy (non-hydrogen) atoms. The lowest BCUT2D eigenvalue weighted by molar-refractivity contribution is -0.111. The molecule has 4 aromatic heterocycles. The monoisotopic (exact) mass is 496 g/mol. The minimum atomic E-state index is -0.212. The van der Waals surface area contributed by atoms with Crippen LogP contribution in [0.2, 0.25) is 0 Å². The first-order valence-corrected chi connectivity index (χ1v) is 12.3. The van der Waals surface area contributed by atoms with Crippen molar-refractivity contribution in [1.82, 2.24) is 29.9 Å². The van der Waals surface area contributed by atoms with E-state index in [1.807, 2.05) is 19.2 Å². The van der Waals surface area contributed by atoms with Crippen molar-refractivity contribution in [3.8, 4) is 16.9 Å². The minimum Gasteiger partial charge on any atom is -0.370 e. The topological polar surface area (TPSA) is 102 Å². The number of hydrogen-bond donors (Lipinski definition) is 1. The van der Waals surface area contributed by atoms with Gasteiger partial charge in [-0.25, -0.2) is 9.67 Å². The van der Waals surface area contributed by atoms with Gasteiger partial charge >= 0.3 is 0 Å². The van der Waals surface area contributed by atoms with E-state index in [2.05, 4.69) is 62.5 Å². The third kappa shape index (κ3) is 6.84. The minimum absolute atomic E-state index is 0.212. The lowest BCUT2D eigenvalue weighted by Crippen LogP contribution is -2.20. The van der Waals surface area contributed by atoms with Crippen molar-refractivity contribution in [1.29, 1.82) is 0 Å². The van der Waals surface area contributed by atoms with Crippen LogP contribution in [0.15, 0.2) is 73.3 Å². The first-order chi connectivity index (χ1) is 17.9. The zero-order valence-electron chi connectivity index (χ0n) is 21.7. The number of pyridine rings is 3. The molecule has 5 rings (SSSR count). The van der Waals surface area contributed by atoms with Gasteiger partial charge in [0, 0.05) is 42.8 Å². The third-order valence-electron chi connectivity index (χ3n) is 6.01. The lowest BCUT2D eigenvalue weighted by atomic mass is 10.1. The summed E-state index contributed by atoms with van der Waals surface area (Å²) in [6.07, 6.45) is 11.1. The quantitative estimate of drug-likeness (QED) is 0.397. The molecule has 1 saturated heterocycles. The van der Waals surface area contributed by atoms with Crippen LogP contribution in [-0.4, -0.2) is 48.9 Å². The summed E-state index contributed by atoms with van der Waals surface area (Å²) < 4.78 is 1.59. The summed E-state index contributed by atoms with van der Waals surface area (Å²) >= 11 is 0. The summed E-state index contributed by atoms with van der Waals surface area (Å²) in [5.74, 6) is 1.05. The van der Waals surface area contributed by atoms with Gasteiger partial charge in [-0.3, -0.25) is 14.8 Å². The summed E-state index contributed by atoms with van der Waals surface area (Å²) in [7, 11) is 0. The Hall–Kier alpha value is -4.40. The second-order valence-corrected chi connectivity index (χ2v) is 9.06. The Morgan fingerprint density at radius 3 is 2.59 bits per heavy atom. The van der Waals surface area contributed by atoms with Gasteiger partial charge in [0.15, 0.2) is 0 Å². The van der Waals surface area contributed by atoms with Crippen molar-refractivity contribution in [2.75, 3.05) is 23.3 Å². The highest BCUT2D eigenvalue weighted by molar-refractivity contribution is 5.98. The van der Waals surface area contributed by atoms with E-state index in [9.17, 15) is 4.79 Å². The van der Waals surface area contributed by atoms with E-state index in [4.69, 9.17) is 4.98 Å². The fourth-order valence-electron chi connectivity index (χ4n) is 4.20. The van der Waals surface area contributed by atoms with Crippen LogP contribution in [0.1, 0.15) is 31.7 Å². The highest BCUT2D eigenvalue weighted by Crippen LogP contribution is 2.28. The SMILES string of the molecule is C/C=C\C(=O)Nc1cc(-n2ccnn2)ccn1.Cc1cc(-c2ccc(N3CC[C@H](C)C3)c(C)n2)ccn1. The lowest BCUT2D eigenvalue weighted by Gasteiger charge is -2.20. The fraction of sp³-hybridized carbons (Fsp3) is 0.286. The number of anilines is 2. The number of aryl methyl sites for hydroxylation is 2. The van der Waals surface area contributed by atoms with Crippen molar-refractivity contribution in [3.63, 3.8) is 0 Å². The smallest absolute Gasteiger partial charge is 0.249 e. The van der Waals surface area contributed by atoms with Crippen LogP contribution < -0.4 is 10.2 Å². The molecule has 4 aromatic rings. The molecule has 190 valence electrons. The van der Waals surface area contributed by atoms with E-state index < -0.39 is 0 Å². The van der Waals surface area contributed by atoms with Gasteiger partial charge in [0.05, 0.1) is 35.2 Å². The summed E-state index contributed by atoms with van der Waals surface area (Å²) in [4.78, 5) is 26.9. The predicted octanol–water partition coefficient (Wildman–Crippen LogP) is 4.78. The van der Waals surface area contributed by atoms with E-state index in [1.54, 1.807) is 48.4 Å².